The summed E-state index contributed by atoms with van der Waals surface area (Å²) in [6.45, 7) is 8.28. The number of methoxy groups -OCH3 is 1. The summed E-state index contributed by atoms with van der Waals surface area (Å²) in [6.07, 6.45) is 1.84. The first kappa shape index (κ1) is 19.9. The Kier molecular flexibility index (Phi) is 5.45. The van der Waals surface area contributed by atoms with E-state index in [-0.39, 0.29) is 11.8 Å². The first-order valence-corrected chi connectivity index (χ1v) is 9.62. The van der Waals surface area contributed by atoms with E-state index in [4.69, 9.17) is 4.74 Å². The zero-order valence-corrected chi connectivity index (χ0v) is 17.3. The number of aryl methyl sites for hydroxylation is 1. The fraction of sp³-hybridized carbons (Fsp3) is 0.391. The van der Waals surface area contributed by atoms with Crippen LogP contribution in [-0.4, -0.2) is 25.5 Å². The average molecular weight is 380 g/mol. The number of hydrogen-bond donors (Lipinski definition) is 1. The molecule has 1 N–H and O–H groups in total. The van der Waals surface area contributed by atoms with Gasteiger partial charge < -0.3 is 15.0 Å². The molecular formula is C23H28N2O3. The summed E-state index contributed by atoms with van der Waals surface area (Å²) in [7, 11) is 1.63. The third kappa shape index (κ3) is 3.88. The molecule has 0 bridgehead atoms. The lowest BCUT2D eigenvalue weighted by Gasteiger charge is -2.32. The second-order valence-corrected chi connectivity index (χ2v) is 8.26. The number of ether oxygens (including phenoxy) is 1. The zero-order chi connectivity index (χ0) is 20.5. The lowest BCUT2D eigenvalue weighted by molar-refractivity contribution is -0.123. The third-order valence-corrected chi connectivity index (χ3v) is 5.07. The maximum absolute atomic E-state index is 13.3. The van der Waals surface area contributed by atoms with E-state index in [0.29, 0.717) is 23.5 Å². The fourth-order valence-corrected chi connectivity index (χ4v) is 3.43. The van der Waals surface area contributed by atoms with E-state index in [1.165, 1.54) is 5.56 Å². The van der Waals surface area contributed by atoms with Crippen LogP contribution in [0.2, 0.25) is 0 Å². The number of carbonyl (C=O) groups excluding carboxylic acids is 2. The number of nitrogens with one attached hydrogen (secondary N) is 1. The van der Waals surface area contributed by atoms with Gasteiger partial charge in [-0.1, -0.05) is 32.9 Å². The Balaban J connectivity index is 1.94. The molecule has 0 spiro atoms. The Morgan fingerprint density at radius 1 is 1.14 bits per heavy atom. The highest BCUT2D eigenvalue weighted by Crippen LogP contribution is 2.39. The number of amides is 2. The first-order chi connectivity index (χ1) is 13.2. The molecule has 2 aromatic carbocycles. The number of benzene rings is 2. The minimum Gasteiger partial charge on any atom is -0.495 e. The highest BCUT2D eigenvalue weighted by Gasteiger charge is 2.28. The van der Waals surface area contributed by atoms with Gasteiger partial charge in [-0.15, -0.1) is 0 Å². The van der Waals surface area contributed by atoms with E-state index in [1.54, 1.807) is 36.3 Å². The van der Waals surface area contributed by atoms with Gasteiger partial charge in [0.25, 0.3) is 5.91 Å². The van der Waals surface area contributed by atoms with E-state index in [1.807, 2.05) is 32.9 Å². The summed E-state index contributed by atoms with van der Waals surface area (Å²) < 4.78 is 5.55. The van der Waals surface area contributed by atoms with Crippen LogP contribution in [0, 0.1) is 12.3 Å². The van der Waals surface area contributed by atoms with E-state index >= 15 is 0 Å². The van der Waals surface area contributed by atoms with Crippen LogP contribution in [0.3, 0.4) is 0 Å². The van der Waals surface area contributed by atoms with Crippen molar-refractivity contribution in [3.63, 3.8) is 0 Å². The van der Waals surface area contributed by atoms with E-state index in [9.17, 15) is 9.59 Å². The molecule has 1 aliphatic rings. The molecule has 0 aromatic heterocycles. The number of nitrogens with zero attached hydrogens (tertiary/aromatic N) is 1. The smallest absolute Gasteiger partial charge is 0.258 e. The summed E-state index contributed by atoms with van der Waals surface area (Å²) in [5.41, 5.74) is 3.86. The van der Waals surface area contributed by atoms with E-state index < -0.39 is 5.41 Å². The number of hydrogen-bond acceptors (Lipinski definition) is 3. The molecule has 0 aliphatic carbocycles. The zero-order valence-electron chi connectivity index (χ0n) is 17.3. The van der Waals surface area contributed by atoms with Gasteiger partial charge in [-0.05, 0) is 55.2 Å². The molecule has 0 unspecified atom stereocenters. The van der Waals surface area contributed by atoms with Gasteiger partial charge in [-0.25, -0.2) is 0 Å². The largest absolute Gasteiger partial charge is 0.495 e. The maximum Gasteiger partial charge on any atom is 0.258 e. The minimum absolute atomic E-state index is 0.0855. The number of fused-ring (bicyclic) bond motifs is 1. The minimum atomic E-state index is -0.503. The number of anilines is 2. The van der Waals surface area contributed by atoms with Crippen LogP contribution in [0.4, 0.5) is 11.4 Å². The second-order valence-electron chi connectivity index (χ2n) is 8.26. The molecular weight excluding hydrogens is 352 g/mol. The average Bonchev–Trinajstić information content (AvgIpc) is 2.67. The van der Waals surface area contributed by atoms with Crippen molar-refractivity contribution in [1.82, 2.24) is 0 Å². The molecule has 2 amide bonds. The summed E-state index contributed by atoms with van der Waals surface area (Å²) >= 11 is 0. The second kappa shape index (κ2) is 7.66. The monoisotopic (exact) mass is 380 g/mol. The molecule has 1 aliphatic heterocycles. The van der Waals surface area contributed by atoms with Crippen molar-refractivity contribution < 1.29 is 14.3 Å². The Morgan fingerprint density at radius 2 is 1.89 bits per heavy atom. The molecule has 0 radical (unpaired) electrons. The summed E-state index contributed by atoms with van der Waals surface area (Å²) in [5.74, 6) is 0.542. The Hall–Kier alpha value is -2.82. The van der Waals surface area contributed by atoms with Crippen molar-refractivity contribution in [3.8, 4) is 5.75 Å². The van der Waals surface area contributed by atoms with Gasteiger partial charge in [0.05, 0.1) is 12.8 Å². The van der Waals surface area contributed by atoms with Crippen molar-refractivity contribution in [1.29, 1.82) is 0 Å². The van der Waals surface area contributed by atoms with Crippen LogP contribution in [0.15, 0.2) is 36.4 Å². The fourth-order valence-electron chi connectivity index (χ4n) is 3.43. The molecule has 0 saturated carbocycles. The normalized spacial score (nSPS) is 13.7. The van der Waals surface area contributed by atoms with Crippen molar-refractivity contribution in [3.05, 3.63) is 53.1 Å². The van der Waals surface area contributed by atoms with Crippen LogP contribution in [-0.2, 0) is 11.2 Å². The van der Waals surface area contributed by atoms with Gasteiger partial charge in [0.1, 0.15) is 5.75 Å². The molecule has 148 valence electrons. The van der Waals surface area contributed by atoms with Gasteiger partial charge >= 0.3 is 0 Å². The SMILES string of the molecule is COc1ccc(C)c2c1N(C(=O)c1cccc(NC(=O)C(C)(C)C)c1)CCC2. The van der Waals surface area contributed by atoms with Gasteiger partial charge in [0.2, 0.25) is 5.91 Å². The highest BCUT2D eigenvalue weighted by molar-refractivity contribution is 6.08. The Morgan fingerprint density at radius 3 is 2.57 bits per heavy atom. The van der Waals surface area contributed by atoms with Crippen molar-refractivity contribution >= 4 is 23.2 Å². The Bertz CT molecular complexity index is 913. The summed E-state index contributed by atoms with van der Waals surface area (Å²) in [4.78, 5) is 27.4. The number of rotatable bonds is 3. The predicted molar refractivity (Wildman–Crippen MR) is 112 cm³/mol. The molecule has 2 aromatic rings. The van der Waals surface area contributed by atoms with Gasteiger partial charge in [-0.3, -0.25) is 9.59 Å². The summed E-state index contributed by atoms with van der Waals surface area (Å²) in [6, 6.07) is 11.1. The molecule has 0 fully saturated rings. The van der Waals surface area contributed by atoms with Crippen LogP contribution in [0.25, 0.3) is 0 Å². The van der Waals surface area contributed by atoms with Crippen molar-refractivity contribution in [2.75, 3.05) is 23.9 Å². The first-order valence-electron chi connectivity index (χ1n) is 9.62. The lowest BCUT2D eigenvalue weighted by atomic mass is 9.95. The standard InChI is InChI=1S/C23H28N2O3/c1-15-11-12-19(28-5)20-18(15)10-7-13-25(20)21(26)16-8-6-9-17(14-16)24-22(27)23(2,3)4/h6,8-9,11-12,14H,7,10,13H2,1-5H3,(H,24,27). The highest BCUT2D eigenvalue weighted by atomic mass is 16.5. The van der Waals surface area contributed by atoms with Crippen LogP contribution in [0.1, 0.15) is 48.7 Å². The van der Waals surface area contributed by atoms with Gasteiger partial charge in [-0.2, -0.15) is 0 Å². The van der Waals surface area contributed by atoms with Crippen LogP contribution >= 0.6 is 0 Å². The third-order valence-electron chi connectivity index (χ3n) is 5.07. The molecule has 5 nitrogen and oxygen atoms in total. The molecule has 0 saturated heterocycles. The quantitative estimate of drug-likeness (QED) is 0.848. The molecule has 1 heterocycles. The topological polar surface area (TPSA) is 58.6 Å². The van der Waals surface area contributed by atoms with Crippen molar-refractivity contribution in [2.24, 2.45) is 5.41 Å². The number of carbonyl (C=O) groups is 2. The predicted octanol–water partition coefficient (Wildman–Crippen LogP) is 4.58. The molecule has 28 heavy (non-hydrogen) atoms. The van der Waals surface area contributed by atoms with Gasteiger partial charge in [0.15, 0.2) is 0 Å². The van der Waals surface area contributed by atoms with Gasteiger partial charge in [0, 0.05) is 23.2 Å². The molecule has 0 atom stereocenters. The van der Waals surface area contributed by atoms with E-state index in [0.717, 1.165) is 24.1 Å². The van der Waals surface area contributed by atoms with E-state index in [2.05, 4.69) is 12.2 Å². The van der Waals surface area contributed by atoms with Crippen LogP contribution in [0.5, 0.6) is 5.75 Å². The molecule has 3 rings (SSSR count). The maximum atomic E-state index is 13.3. The Labute approximate surface area is 166 Å². The van der Waals surface area contributed by atoms with Crippen LogP contribution < -0.4 is 15.0 Å². The summed E-state index contributed by atoms with van der Waals surface area (Å²) in [5, 5.41) is 2.90. The lowest BCUT2D eigenvalue weighted by Crippen LogP contribution is -2.36. The molecule has 5 heteroatoms. The van der Waals surface area contributed by atoms with Crippen molar-refractivity contribution in [2.45, 2.75) is 40.5 Å².